The van der Waals surface area contributed by atoms with Gasteiger partial charge in [-0.15, -0.1) is 0 Å². The van der Waals surface area contributed by atoms with Gasteiger partial charge in [-0.2, -0.15) is 0 Å². The number of aromatic amines is 1. The Hall–Kier alpha value is -1.65. The van der Waals surface area contributed by atoms with Gasteiger partial charge in [0.05, 0.1) is 6.61 Å². The van der Waals surface area contributed by atoms with E-state index in [0.29, 0.717) is 12.0 Å². The van der Waals surface area contributed by atoms with Gasteiger partial charge in [0.1, 0.15) is 0 Å². The molecule has 4 heteroatoms. The molecule has 2 heterocycles. The fraction of sp³-hybridized carbons (Fsp3) is 0.526. The van der Waals surface area contributed by atoms with Crippen LogP contribution in [0.1, 0.15) is 31.5 Å². The van der Waals surface area contributed by atoms with Crippen LogP contribution in [0.25, 0.3) is 10.8 Å². The molecular weight excluding hydrogens is 288 g/mol. The van der Waals surface area contributed by atoms with Crippen molar-refractivity contribution < 1.29 is 5.11 Å². The van der Waals surface area contributed by atoms with Crippen molar-refractivity contribution in [3.05, 3.63) is 45.9 Å². The molecule has 1 aliphatic rings. The lowest BCUT2D eigenvalue weighted by molar-refractivity contribution is 0.120. The Morgan fingerprint density at radius 2 is 2.09 bits per heavy atom. The van der Waals surface area contributed by atoms with E-state index in [1.54, 1.807) is 0 Å². The molecule has 1 saturated heterocycles. The number of likely N-dealkylation sites (tertiary alicyclic amines) is 1. The zero-order valence-corrected chi connectivity index (χ0v) is 14.2. The second-order valence-corrected chi connectivity index (χ2v) is 6.96. The molecule has 23 heavy (non-hydrogen) atoms. The minimum Gasteiger partial charge on any atom is -0.395 e. The highest BCUT2D eigenvalue weighted by Gasteiger charge is 2.35. The van der Waals surface area contributed by atoms with Gasteiger partial charge in [-0.1, -0.05) is 19.1 Å². The second kappa shape index (κ2) is 6.46. The van der Waals surface area contributed by atoms with Crippen LogP contribution in [-0.2, 0) is 6.42 Å². The van der Waals surface area contributed by atoms with Crippen molar-refractivity contribution in [3.63, 3.8) is 0 Å². The lowest BCUT2D eigenvalue weighted by Gasteiger charge is -2.28. The Morgan fingerprint density at radius 1 is 1.30 bits per heavy atom. The van der Waals surface area contributed by atoms with Gasteiger partial charge in [-0.25, -0.2) is 0 Å². The average Bonchev–Trinajstić information content (AvgIpc) is 2.79. The number of fused-ring (bicyclic) bond motifs is 1. The third kappa shape index (κ3) is 3.06. The summed E-state index contributed by atoms with van der Waals surface area (Å²) in [5.41, 5.74) is 2.09. The summed E-state index contributed by atoms with van der Waals surface area (Å²) in [5.74, 6) is 0.521. The topological polar surface area (TPSA) is 56.3 Å². The molecule has 1 aliphatic heterocycles. The van der Waals surface area contributed by atoms with Gasteiger partial charge in [-0.05, 0) is 49.3 Å². The van der Waals surface area contributed by atoms with Crippen molar-refractivity contribution in [1.29, 1.82) is 0 Å². The van der Waals surface area contributed by atoms with E-state index in [4.69, 9.17) is 0 Å². The first-order valence-corrected chi connectivity index (χ1v) is 8.49. The Labute approximate surface area is 137 Å². The molecule has 0 aliphatic carbocycles. The number of aromatic nitrogens is 1. The van der Waals surface area contributed by atoms with Gasteiger partial charge in [0, 0.05) is 36.1 Å². The molecule has 3 rings (SSSR count). The molecule has 0 radical (unpaired) electrons. The first-order chi connectivity index (χ1) is 11.0. The molecule has 1 fully saturated rings. The third-order valence-electron chi connectivity index (χ3n) is 5.35. The Bertz CT molecular complexity index is 753. The van der Waals surface area contributed by atoms with E-state index < -0.39 is 0 Å². The van der Waals surface area contributed by atoms with E-state index in [0.717, 1.165) is 41.4 Å². The normalized spacial score (nSPS) is 25.3. The number of nitrogens with one attached hydrogen (secondary N) is 1. The summed E-state index contributed by atoms with van der Waals surface area (Å²) >= 11 is 0. The predicted molar refractivity (Wildman–Crippen MR) is 93.8 cm³/mol. The average molecular weight is 314 g/mol. The maximum atomic E-state index is 12.3. The first-order valence-electron chi connectivity index (χ1n) is 8.49. The largest absolute Gasteiger partial charge is 0.395 e. The molecule has 3 unspecified atom stereocenters. The summed E-state index contributed by atoms with van der Waals surface area (Å²) in [6, 6.07) is 8.65. The number of H-pyrrole nitrogens is 1. The second-order valence-electron chi connectivity index (χ2n) is 6.96. The lowest BCUT2D eigenvalue weighted by Crippen LogP contribution is -2.40. The molecule has 3 atom stereocenters. The minimum atomic E-state index is -0.0113. The molecule has 0 saturated carbocycles. The highest BCUT2D eigenvalue weighted by Crippen LogP contribution is 2.29. The van der Waals surface area contributed by atoms with E-state index in [-0.39, 0.29) is 18.2 Å². The molecule has 2 N–H and O–H groups in total. The van der Waals surface area contributed by atoms with Crippen LogP contribution >= 0.6 is 0 Å². The van der Waals surface area contributed by atoms with Crippen molar-refractivity contribution in [1.82, 2.24) is 9.88 Å². The van der Waals surface area contributed by atoms with E-state index in [1.165, 1.54) is 0 Å². The highest BCUT2D eigenvalue weighted by atomic mass is 16.3. The summed E-state index contributed by atoms with van der Waals surface area (Å²) in [6.45, 7) is 7.54. The third-order valence-corrected chi connectivity index (χ3v) is 5.35. The van der Waals surface area contributed by atoms with Crippen LogP contribution in [0, 0.1) is 12.8 Å². The highest BCUT2D eigenvalue weighted by molar-refractivity contribution is 5.84. The van der Waals surface area contributed by atoms with Gasteiger partial charge in [0.2, 0.25) is 0 Å². The number of aliphatic hydroxyl groups excluding tert-OH is 1. The number of hydrogen-bond acceptors (Lipinski definition) is 3. The summed E-state index contributed by atoms with van der Waals surface area (Å²) in [5, 5.41) is 11.4. The first kappa shape index (κ1) is 16.2. The van der Waals surface area contributed by atoms with Crippen molar-refractivity contribution in [2.45, 2.75) is 45.7 Å². The minimum absolute atomic E-state index is 0.0113. The van der Waals surface area contributed by atoms with Gasteiger partial charge in [0.15, 0.2) is 0 Å². The summed E-state index contributed by atoms with van der Waals surface area (Å²) in [6.07, 6.45) is 1.92. The monoisotopic (exact) mass is 314 g/mol. The number of hydrogen-bond donors (Lipinski definition) is 2. The molecule has 1 aromatic heterocycles. The van der Waals surface area contributed by atoms with Gasteiger partial charge >= 0.3 is 0 Å². The molecule has 1 aromatic carbocycles. The van der Waals surface area contributed by atoms with Gasteiger partial charge in [-0.3, -0.25) is 9.69 Å². The maximum Gasteiger partial charge on any atom is 0.256 e. The SMILES string of the molecule is Cc1cccc2c(=O)[nH]c(CCN3C(C)CC(C)C3CO)cc12. The van der Waals surface area contributed by atoms with Crippen molar-refractivity contribution >= 4 is 10.8 Å². The number of rotatable bonds is 4. The van der Waals surface area contributed by atoms with Crippen LogP contribution in [0.3, 0.4) is 0 Å². The van der Waals surface area contributed by atoms with Crippen LogP contribution in [0.2, 0.25) is 0 Å². The maximum absolute atomic E-state index is 12.3. The van der Waals surface area contributed by atoms with Gasteiger partial charge in [0.25, 0.3) is 5.56 Å². The smallest absolute Gasteiger partial charge is 0.256 e. The van der Waals surface area contributed by atoms with Crippen LogP contribution in [0.5, 0.6) is 0 Å². The lowest BCUT2D eigenvalue weighted by atomic mass is 10.0. The summed E-state index contributed by atoms with van der Waals surface area (Å²) in [4.78, 5) is 17.7. The fourth-order valence-electron chi connectivity index (χ4n) is 4.03. The predicted octanol–water partition coefficient (Wildman–Crippen LogP) is 2.47. The Morgan fingerprint density at radius 3 is 2.83 bits per heavy atom. The zero-order chi connectivity index (χ0) is 16.6. The zero-order valence-electron chi connectivity index (χ0n) is 14.2. The van der Waals surface area contributed by atoms with E-state index in [1.807, 2.05) is 25.1 Å². The Kier molecular flexibility index (Phi) is 4.55. The van der Waals surface area contributed by atoms with E-state index in [2.05, 4.69) is 29.8 Å². The molecule has 4 nitrogen and oxygen atoms in total. The van der Waals surface area contributed by atoms with Crippen molar-refractivity contribution in [2.75, 3.05) is 13.2 Å². The molecule has 124 valence electrons. The number of aliphatic hydroxyl groups is 1. The standard InChI is InChI=1S/C19H26N2O2/c1-12-5-4-6-16-17(12)10-15(20-19(16)23)7-8-21-14(3)9-13(2)18(21)11-22/h4-6,10,13-14,18,22H,7-9,11H2,1-3H3,(H,20,23). The summed E-state index contributed by atoms with van der Waals surface area (Å²) < 4.78 is 0. The number of nitrogens with zero attached hydrogens (tertiary/aromatic N) is 1. The van der Waals surface area contributed by atoms with Crippen molar-refractivity contribution in [2.24, 2.45) is 5.92 Å². The van der Waals surface area contributed by atoms with Gasteiger partial charge < -0.3 is 10.1 Å². The quantitative estimate of drug-likeness (QED) is 0.911. The summed E-state index contributed by atoms with van der Waals surface area (Å²) in [7, 11) is 0. The fourth-order valence-corrected chi connectivity index (χ4v) is 4.03. The molecule has 2 aromatic rings. The van der Waals surface area contributed by atoms with Crippen LogP contribution < -0.4 is 5.56 Å². The molecule has 0 bridgehead atoms. The number of pyridine rings is 1. The van der Waals surface area contributed by atoms with Crippen LogP contribution in [-0.4, -0.2) is 40.2 Å². The van der Waals surface area contributed by atoms with E-state index >= 15 is 0 Å². The molecule has 0 spiro atoms. The molecule has 0 amide bonds. The Balaban J connectivity index is 1.82. The van der Waals surface area contributed by atoms with Crippen molar-refractivity contribution in [3.8, 4) is 0 Å². The molecular formula is C19H26N2O2. The van der Waals surface area contributed by atoms with Crippen LogP contribution in [0.15, 0.2) is 29.1 Å². The van der Waals surface area contributed by atoms with E-state index in [9.17, 15) is 9.90 Å². The van der Waals surface area contributed by atoms with Crippen LogP contribution in [0.4, 0.5) is 0 Å². The number of benzene rings is 1. The number of aryl methyl sites for hydroxylation is 1.